The third kappa shape index (κ3) is 4.04. The summed E-state index contributed by atoms with van der Waals surface area (Å²) in [6.07, 6.45) is 0.986. The number of hydrogen-bond donors (Lipinski definition) is 1. The van der Waals surface area contributed by atoms with Gasteiger partial charge in [0.15, 0.2) is 0 Å². The summed E-state index contributed by atoms with van der Waals surface area (Å²) in [6, 6.07) is 0. The minimum absolute atomic E-state index is 0.271. The summed E-state index contributed by atoms with van der Waals surface area (Å²) < 4.78 is 0. The van der Waals surface area contributed by atoms with Crippen LogP contribution in [0, 0.1) is 0 Å². The molecule has 77 valence electrons. The quantitative estimate of drug-likeness (QED) is 0.616. The van der Waals surface area contributed by atoms with E-state index in [-0.39, 0.29) is 6.61 Å². The predicted octanol–water partition coefficient (Wildman–Crippen LogP) is -0.731. The first-order chi connectivity index (χ1) is 6.36. The minimum Gasteiger partial charge on any atom is -0.395 e. The van der Waals surface area contributed by atoms with Crippen LogP contribution in [0.4, 0.5) is 0 Å². The molecule has 1 aliphatic rings. The first-order valence-electron chi connectivity index (χ1n) is 5.07. The fourth-order valence-corrected chi connectivity index (χ4v) is 1.68. The van der Waals surface area contributed by atoms with Gasteiger partial charge in [0.1, 0.15) is 0 Å². The molecule has 0 aromatic rings. The van der Waals surface area contributed by atoms with Gasteiger partial charge in [-0.1, -0.05) is 0 Å². The van der Waals surface area contributed by atoms with E-state index < -0.39 is 0 Å². The standard InChI is InChI=1S/C9H20N3O/c10-2-1-3-11-4-6-12(7-5-11)8-9-13/h10,13H,1-9H2. The fraction of sp³-hybridized carbons (Fsp3) is 1.00. The van der Waals surface area contributed by atoms with Crippen molar-refractivity contribution in [2.45, 2.75) is 6.42 Å². The average molecular weight is 186 g/mol. The smallest absolute Gasteiger partial charge is 0.0558 e. The fourth-order valence-electron chi connectivity index (χ4n) is 1.68. The van der Waals surface area contributed by atoms with Gasteiger partial charge in [-0.25, -0.2) is 0 Å². The highest BCUT2D eigenvalue weighted by molar-refractivity contribution is 4.71. The van der Waals surface area contributed by atoms with E-state index in [1.807, 2.05) is 0 Å². The van der Waals surface area contributed by atoms with Crippen LogP contribution in [-0.2, 0) is 0 Å². The molecule has 0 spiro atoms. The number of aliphatic hydroxyl groups is 1. The zero-order valence-corrected chi connectivity index (χ0v) is 8.21. The molecule has 2 N–H and O–H groups in total. The zero-order chi connectivity index (χ0) is 9.52. The zero-order valence-electron chi connectivity index (χ0n) is 8.21. The van der Waals surface area contributed by atoms with Crippen LogP contribution >= 0.6 is 0 Å². The van der Waals surface area contributed by atoms with Crippen molar-refractivity contribution in [2.24, 2.45) is 0 Å². The maximum atomic E-state index is 8.75. The summed E-state index contributed by atoms with van der Waals surface area (Å²) in [5.41, 5.74) is 7.06. The lowest BCUT2D eigenvalue weighted by Crippen LogP contribution is -2.47. The summed E-state index contributed by atoms with van der Waals surface area (Å²) in [4.78, 5) is 4.69. The Balaban J connectivity index is 2.08. The Kier molecular flexibility index (Phi) is 5.31. The van der Waals surface area contributed by atoms with Crippen molar-refractivity contribution in [1.29, 1.82) is 0 Å². The molecule has 1 saturated heterocycles. The van der Waals surface area contributed by atoms with E-state index in [2.05, 4.69) is 9.80 Å². The Morgan fingerprint density at radius 3 is 2.00 bits per heavy atom. The molecule has 1 heterocycles. The van der Waals surface area contributed by atoms with Crippen molar-refractivity contribution in [3.05, 3.63) is 0 Å². The van der Waals surface area contributed by atoms with Gasteiger partial charge < -0.3 is 10.0 Å². The monoisotopic (exact) mass is 186 g/mol. The van der Waals surface area contributed by atoms with E-state index in [1.165, 1.54) is 0 Å². The van der Waals surface area contributed by atoms with Gasteiger partial charge in [-0.3, -0.25) is 10.6 Å². The Morgan fingerprint density at radius 1 is 1.00 bits per heavy atom. The maximum Gasteiger partial charge on any atom is 0.0558 e. The molecule has 1 rings (SSSR count). The second-order valence-electron chi connectivity index (χ2n) is 3.51. The second-order valence-corrected chi connectivity index (χ2v) is 3.51. The molecular formula is C9H20N3O. The van der Waals surface area contributed by atoms with Gasteiger partial charge in [-0.2, -0.15) is 0 Å². The average Bonchev–Trinajstić information content (AvgIpc) is 2.17. The van der Waals surface area contributed by atoms with Crippen molar-refractivity contribution in [3.8, 4) is 0 Å². The summed E-state index contributed by atoms with van der Waals surface area (Å²) in [5, 5.41) is 8.75. The van der Waals surface area contributed by atoms with Crippen LogP contribution in [0.25, 0.3) is 0 Å². The van der Waals surface area contributed by atoms with E-state index in [9.17, 15) is 0 Å². The molecule has 0 aliphatic carbocycles. The highest BCUT2D eigenvalue weighted by atomic mass is 16.3. The number of hydrogen-bond acceptors (Lipinski definition) is 3. The van der Waals surface area contributed by atoms with E-state index in [4.69, 9.17) is 10.8 Å². The summed E-state index contributed by atoms with van der Waals surface area (Å²) >= 11 is 0. The minimum atomic E-state index is 0.271. The topological polar surface area (TPSA) is 50.5 Å². The first kappa shape index (κ1) is 10.9. The molecule has 0 amide bonds. The van der Waals surface area contributed by atoms with Gasteiger partial charge in [0.2, 0.25) is 0 Å². The molecule has 0 unspecified atom stereocenters. The Bertz CT molecular complexity index is 124. The van der Waals surface area contributed by atoms with Gasteiger partial charge in [0, 0.05) is 39.3 Å². The molecule has 4 nitrogen and oxygen atoms in total. The Labute approximate surface area is 80.3 Å². The SMILES string of the molecule is [NH]CCCN1CCN(CCO)CC1. The van der Waals surface area contributed by atoms with Crippen molar-refractivity contribution in [3.63, 3.8) is 0 Å². The summed E-state index contributed by atoms with van der Waals surface area (Å²) in [5.74, 6) is 0. The number of nitrogens with zero attached hydrogens (tertiary/aromatic N) is 2. The van der Waals surface area contributed by atoms with Crippen molar-refractivity contribution in [1.82, 2.24) is 15.5 Å². The predicted molar refractivity (Wildman–Crippen MR) is 52.5 cm³/mol. The molecule has 0 aromatic carbocycles. The number of nitrogens with one attached hydrogen (secondary N) is 1. The molecule has 4 heteroatoms. The van der Waals surface area contributed by atoms with Crippen LogP contribution in [-0.4, -0.2) is 67.3 Å². The van der Waals surface area contributed by atoms with Crippen LogP contribution in [0.2, 0.25) is 0 Å². The van der Waals surface area contributed by atoms with Gasteiger partial charge in [-0.15, -0.1) is 0 Å². The molecule has 0 aromatic heterocycles. The highest BCUT2D eigenvalue weighted by Gasteiger charge is 2.14. The van der Waals surface area contributed by atoms with E-state index in [0.29, 0.717) is 6.54 Å². The lowest BCUT2D eigenvalue weighted by molar-refractivity contribution is 0.112. The van der Waals surface area contributed by atoms with E-state index >= 15 is 0 Å². The number of β-amino-alcohol motifs (C(OH)–C–C–N with tert-alkyl or cyclic N) is 1. The lowest BCUT2D eigenvalue weighted by Gasteiger charge is -2.34. The molecule has 1 radical (unpaired) electrons. The molecule has 0 saturated carbocycles. The Morgan fingerprint density at radius 2 is 1.54 bits per heavy atom. The van der Waals surface area contributed by atoms with Crippen LogP contribution in [0.3, 0.4) is 0 Å². The first-order valence-corrected chi connectivity index (χ1v) is 5.07. The molecular weight excluding hydrogens is 166 g/mol. The third-order valence-corrected chi connectivity index (χ3v) is 2.53. The van der Waals surface area contributed by atoms with Gasteiger partial charge in [-0.05, 0) is 13.0 Å². The highest BCUT2D eigenvalue weighted by Crippen LogP contribution is 2.01. The van der Waals surface area contributed by atoms with Crippen molar-refractivity contribution < 1.29 is 5.11 Å². The number of rotatable bonds is 5. The van der Waals surface area contributed by atoms with Crippen LogP contribution < -0.4 is 5.73 Å². The van der Waals surface area contributed by atoms with Gasteiger partial charge >= 0.3 is 0 Å². The number of piperazine rings is 1. The van der Waals surface area contributed by atoms with E-state index in [1.54, 1.807) is 0 Å². The van der Waals surface area contributed by atoms with E-state index in [0.717, 1.165) is 45.7 Å². The molecule has 1 fully saturated rings. The molecule has 13 heavy (non-hydrogen) atoms. The van der Waals surface area contributed by atoms with Gasteiger partial charge in [0.25, 0.3) is 0 Å². The van der Waals surface area contributed by atoms with Gasteiger partial charge in [0.05, 0.1) is 6.61 Å². The third-order valence-electron chi connectivity index (χ3n) is 2.53. The van der Waals surface area contributed by atoms with Crippen molar-refractivity contribution >= 4 is 0 Å². The van der Waals surface area contributed by atoms with Crippen molar-refractivity contribution in [2.75, 3.05) is 52.4 Å². The molecule has 0 atom stereocenters. The lowest BCUT2D eigenvalue weighted by atomic mass is 10.3. The molecule has 1 aliphatic heterocycles. The maximum absolute atomic E-state index is 8.75. The summed E-state index contributed by atoms with van der Waals surface area (Å²) in [7, 11) is 0. The Hall–Kier alpha value is -0.160. The number of aliphatic hydroxyl groups excluding tert-OH is 1. The largest absolute Gasteiger partial charge is 0.395 e. The van der Waals surface area contributed by atoms with Crippen LogP contribution in [0.15, 0.2) is 0 Å². The second kappa shape index (κ2) is 6.32. The van der Waals surface area contributed by atoms with Crippen LogP contribution in [0.1, 0.15) is 6.42 Å². The summed E-state index contributed by atoms with van der Waals surface area (Å²) in [6.45, 7) is 7.02. The molecule has 0 bridgehead atoms. The van der Waals surface area contributed by atoms with Crippen LogP contribution in [0.5, 0.6) is 0 Å². The normalized spacial score (nSPS) is 20.8.